The van der Waals surface area contributed by atoms with E-state index in [1.54, 1.807) is 29.2 Å². The first-order chi connectivity index (χ1) is 8.60. The van der Waals surface area contributed by atoms with Crippen LogP contribution in [0.25, 0.3) is 0 Å². The first-order valence-corrected chi connectivity index (χ1v) is 5.49. The lowest BCUT2D eigenvalue weighted by atomic mass is 10.1. The molecule has 0 bridgehead atoms. The van der Waals surface area contributed by atoms with Crippen LogP contribution in [0.4, 0.5) is 5.69 Å². The summed E-state index contributed by atoms with van der Waals surface area (Å²) in [5.74, 6) is 0.302. The molecule has 2 aromatic rings. The molecule has 6 heteroatoms. The van der Waals surface area contributed by atoms with E-state index in [1.165, 1.54) is 6.07 Å². The molecular weight excluding hydrogens is 232 g/mol. The highest BCUT2D eigenvalue weighted by atomic mass is 16.5. The smallest absolute Gasteiger partial charge is 0.252 e. The molecule has 0 aliphatic rings. The summed E-state index contributed by atoms with van der Waals surface area (Å²) >= 11 is 0. The molecule has 0 radical (unpaired) electrons. The molecular formula is C12H14N4O2. The van der Waals surface area contributed by atoms with Crippen LogP contribution in [0.2, 0.25) is 0 Å². The normalized spacial score (nSPS) is 10.3. The summed E-state index contributed by atoms with van der Waals surface area (Å²) in [5.41, 5.74) is 11.7. The van der Waals surface area contributed by atoms with E-state index in [9.17, 15) is 4.79 Å². The van der Waals surface area contributed by atoms with Gasteiger partial charge in [-0.3, -0.25) is 9.48 Å². The molecule has 1 aromatic heterocycles. The Kier molecular flexibility index (Phi) is 3.18. The minimum absolute atomic E-state index is 0.286. The van der Waals surface area contributed by atoms with E-state index in [-0.39, 0.29) is 5.56 Å². The number of amides is 1. The highest BCUT2D eigenvalue weighted by Crippen LogP contribution is 2.27. The second kappa shape index (κ2) is 4.79. The molecule has 18 heavy (non-hydrogen) atoms. The fraction of sp³-hybridized carbons (Fsp3) is 0.167. The lowest BCUT2D eigenvalue weighted by Gasteiger charge is -2.08. The summed E-state index contributed by atoms with van der Waals surface area (Å²) in [6.45, 7) is 2.70. The number of rotatable bonds is 4. The number of benzene rings is 1. The number of aryl methyl sites for hydroxylation is 1. The summed E-state index contributed by atoms with van der Waals surface area (Å²) in [6, 6.07) is 4.70. The van der Waals surface area contributed by atoms with E-state index in [0.29, 0.717) is 17.2 Å². The molecule has 0 fully saturated rings. The number of anilines is 1. The maximum atomic E-state index is 11.3. The second-order valence-corrected chi connectivity index (χ2v) is 3.75. The molecule has 0 unspecified atom stereocenters. The van der Waals surface area contributed by atoms with Gasteiger partial charge in [0.1, 0.15) is 5.75 Å². The van der Waals surface area contributed by atoms with Crippen LogP contribution in [-0.4, -0.2) is 15.7 Å². The number of hydrogen-bond acceptors (Lipinski definition) is 4. The highest BCUT2D eigenvalue weighted by Gasteiger charge is 2.11. The van der Waals surface area contributed by atoms with Gasteiger partial charge in [0, 0.05) is 18.3 Å². The van der Waals surface area contributed by atoms with Crippen molar-refractivity contribution in [3.05, 3.63) is 36.2 Å². The largest absolute Gasteiger partial charge is 0.453 e. The van der Waals surface area contributed by atoms with Gasteiger partial charge in [0.05, 0.1) is 18.0 Å². The van der Waals surface area contributed by atoms with E-state index >= 15 is 0 Å². The van der Waals surface area contributed by atoms with E-state index in [0.717, 1.165) is 6.54 Å². The molecule has 1 heterocycles. The summed E-state index contributed by atoms with van der Waals surface area (Å²) in [7, 11) is 0. The minimum Gasteiger partial charge on any atom is -0.453 e. The van der Waals surface area contributed by atoms with E-state index < -0.39 is 5.91 Å². The zero-order chi connectivity index (χ0) is 13.1. The Balaban J connectivity index is 2.32. The number of aromatic nitrogens is 2. The molecule has 94 valence electrons. The molecule has 0 aliphatic heterocycles. The molecule has 0 spiro atoms. The lowest BCUT2D eigenvalue weighted by molar-refractivity contribution is 0.0998. The number of primary amides is 1. The van der Waals surface area contributed by atoms with Crippen LogP contribution < -0.4 is 16.2 Å². The van der Waals surface area contributed by atoms with Crippen LogP contribution in [0.3, 0.4) is 0 Å². The van der Waals surface area contributed by atoms with Crippen molar-refractivity contribution in [2.45, 2.75) is 13.5 Å². The van der Waals surface area contributed by atoms with Crippen LogP contribution in [0.15, 0.2) is 30.6 Å². The van der Waals surface area contributed by atoms with Gasteiger partial charge in [0.25, 0.3) is 5.91 Å². The van der Waals surface area contributed by atoms with Gasteiger partial charge in [-0.05, 0) is 19.1 Å². The van der Waals surface area contributed by atoms with Crippen LogP contribution in [-0.2, 0) is 6.54 Å². The van der Waals surface area contributed by atoms with Crippen molar-refractivity contribution in [1.29, 1.82) is 0 Å². The number of nitrogens with zero attached hydrogens (tertiary/aromatic N) is 2. The fourth-order valence-electron chi connectivity index (χ4n) is 1.52. The van der Waals surface area contributed by atoms with Crippen LogP contribution in [0, 0.1) is 0 Å². The number of nitrogen functional groups attached to an aromatic ring is 1. The molecule has 0 atom stereocenters. The maximum absolute atomic E-state index is 11.3. The monoisotopic (exact) mass is 246 g/mol. The molecule has 4 N–H and O–H groups in total. The van der Waals surface area contributed by atoms with Crippen molar-refractivity contribution < 1.29 is 9.53 Å². The molecule has 1 aromatic carbocycles. The molecule has 0 saturated carbocycles. The quantitative estimate of drug-likeness (QED) is 0.796. The van der Waals surface area contributed by atoms with Gasteiger partial charge in [-0.25, -0.2) is 0 Å². The zero-order valence-corrected chi connectivity index (χ0v) is 9.96. The van der Waals surface area contributed by atoms with Crippen molar-refractivity contribution >= 4 is 11.6 Å². The average molecular weight is 246 g/mol. The predicted molar refractivity (Wildman–Crippen MR) is 67.3 cm³/mol. The lowest BCUT2D eigenvalue weighted by Crippen LogP contribution is -2.12. The number of carbonyl (C=O) groups is 1. The predicted octanol–water partition coefficient (Wildman–Crippen LogP) is 1.38. The summed E-state index contributed by atoms with van der Waals surface area (Å²) in [5, 5.41) is 4.07. The van der Waals surface area contributed by atoms with E-state index in [4.69, 9.17) is 16.2 Å². The van der Waals surface area contributed by atoms with Gasteiger partial charge >= 0.3 is 0 Å². The van der Waals surface area contributed by atoms with E-state index in [2.05, 4.69) is 5.10 Å². The Hall–Kier alpha value is -2.50. The van der Waals surface area contributed by atoms with Gasteiger partial charge in [-0.2, -0.15) is 5.10 Å². The van der Waals surface area contributed by atoms with Crippen molar-refractivity contribution in [2.75, 3.05) is 5.73 Å². The topological polar surface area (TPSA) is 96.2 Å². The first-order valence-electron chi connectivity index (χ1n) is 5.49. The van der Waals surface area contributed by atoms with Crippen molar-refractivity contribution in [3.8, 4) is 11.5 Å². The fourth-order valence-corrected chi connectivity index (χ4v) is 1.52. The Labute approximate surface area is 104 Å². The van der Waals surface area contributed by atoms with Gasteiger partial charge in [-0.1, -0.05) is 0 Å². The van der Waals surface area contributed by atoms with Crippen LogP contribution in [0.5, 0.6) is 11.5 Å². The molecule has 0 saturated heterocycles. The highest BCUT2D eigenvalue weighted by molar-refractivity contribution is 5.96. The minimum atomic E-state index is -0.562. The van der Waals surface area contributed by atoms with Crippen LogP contribution in [0.1, 0.15) is 17.3 Å². The second-order valence-electron chi connectivity index (χ2n) is 3.75. The van der Waals surface area contributed by atoms with Crippen LogP contribution >= 0.6 is 0 Å². The number of hydrogen-bond donors (Lipinski definition) is 2. The van der Waals surface area contributed by atoms with Crippen molar-refractivity contribution in [3.63, 3.8) is 0 Å². The van der Waals surface area contributed by atoms with E-state index in [1.807, 2.05) is 6.92 Å². The van der Waals surface area contributed by atoms with Gasteiger partial charge in [0.2, 0.25) is 0 Å². The van der Waals surface area contributed by atoms with Crippen molar-refractivity contribution in [2.24, 2.45) is 5.73 Å². The summed E-state index contributed by atoms with van der Waals surface area (Å²) < 4.78 is 7.28. The third-order valence-electron chi connectivity index (χ3n) is 2.43. The summed E-state index contributed by atoms with van der Waals surface area (Å²) in [6.07, 6.45) is 3.30. The molecule has 0 aliphatic carbocycles. The van der Waals surface area contributed by atoms with Crippen molar-refractivity contribution in [1.82, 2.24) is 9.78 Å². The Morgan fingerprint density at radius 1 is 1.50 bits per heavy atom. The molecule has 1 amide bonds. The van der Waals surface area contributed by atoms with Gasteiger partial charge in [-0.15, -0.1) is 0 Å². The Morgan fingerprint density at radius 2 is 2.28 bits per heavy atom. The van der Waals surface area contributed by atoms with Gasteiger partial charge in [0.15, 0.2) is 5.75 Å². The van der Waals surface area contributed by atoms with Gasteiger partial charge < -0.3 is 16.2 Å². The standard InChI is InChI=1S/C12H14N4O2/c1-2-16-7-9(6-15-16)18-11-5-8(13)3-4-10(11)12(14)17/h3-7H,2,13H2,1H3,(H2,14,17). The molecule has 2 rings (SSSR count). The molecule has 6 nitrogen and oxygen atoms in total. The summed E-state index contributed by atoms with van der Waals surface area (Å²) in [4.78, 5) is 11.3. The average Bonchev–Trinajstić information content (AvgIpc) is 2.76. The Bertz CT molecular complexity index is 577. The number of ether oxygens (including phenoxy) is 1. The third kappa shape index (κ3) is 2.42. The zero-order valence-electron chi connectivity index (χ0n) is 9.96. The number of nitrogens with two attached hydrogens (primary N) is 2. The third-order valence-corrected chi connectivity index (χ3v) is 2.43. The first kappa shape index (κ1) is 12.0. The maximum Gasteiger partial charge on any atom is 0.252 e. The number of carbonyl (C=O) groups excluding carboxylic acids is 1. The SMILES string of the molecule is CCn1cc(Oc2cc(N)ccc2C(N)=O)cn1. The Morgan fingerprint density at radius 3 is 2.89 bits per heavy atom.